The van der Waals surface area contributed by atoms with Gasteiger partial charge in [0.05, 0.1) is 35.6 Å². The van der Waals surface area contributed by atoms with Crippen LogP contribution < -0.4 is 0 Å². The van der Waals surface area contributed by atoms with Crippen LogP contribution in [0.25, 0.3) is 0 Å². The molecule has 0 aliphatic heterocycles. The van der Waals surface area contributed by atoms with E-state index in [1.54, 1.807) is 25.1 Å². The van der Waals surface area contributed by atoms with Gasteiger partial charge in [-0.15, -0.1) is 0 Å². The molecule has 0 saturated heterocycles. The van der Waals surface area contributed by atoms with Gasteiger partial charge in [-0.3, -0.25) is 9.79 Å². The van der Waals surface area contributed by atoms with Crippen LogP contribution in [0.5, 0.6) is 0 Å². The normalized spacial score (nSPS) is 11.7. The highest BCUT2D eigenvalue weighted by molar-refractivity contribution is 6.36. The zero-order valence-corrected chi connectivity index (χ0v) is 13.7. The third-order valence-corrected chi connectivity index (χ3v) is 3.08. The summed E-state index contributed by atoms with van der Waals surface area (Å²) in [6, 6.07) is 6.46. The molecule has 0 aliphatic rings. The number of carbonyl (C=O) groups is 2. The SMILES string of the molecule is CCCOC(=O)c1cccc(N=CC(C#N)C(=O)OCC)c1Cl. The van der Waals surface area contributed by atoms with Gasteiger partial charge in [0.15, 0.2) is 5.92 Å². The van der Waals surface area contributed by atoms with Crippen LogP contribution in [0.4, 0.5) is 5.69 Å². The van der Waals surface area contributed by atoms with Crippen molar-refractivity contribution >= 4 is 35.4 Å². The number of hydrogen-bond acceptors (Lipinski definition) is 6. The number of nitriles is 1. The van der Waals surface area contributed by atoms with Crippen molar-refractivity contribution in [1.82, 2.24) is 0 Å². The molecular weight excluding hydrogens is 320 g/mol. The van der Waals surface area contributed by atoms with Crippen LogP contribution in [0.15, 0.2) is 23.2 Å². The van der Waals surface area contributed by atoms with Crippen LogP contribution in [-0.4, -0.2) is 31.4 Å². The summed E-state index contributed by atoms with van der Waals surface area (Å²) in [5.41, 5.74) is 0.446. The highest BCUT2D eigenvalue weighted by atomic mass is 35.5. The van der Waals surface area contributed by atoms with Crippen LogP contribution >= 0.6 is 11.6 Å². The van der Waals surface area contributed by atoms with Crippen molar-refractivity contribution in [3.63, 3.8) is 0 Å². The Labute approximate surface area is 139 Å². The number of ether oxygens (including phenoxy) is 2. The Bertz CT molecular complexity index is 637. The van der Waals surface area contributed by atoms with Gasteiger partial charge in [0.2, 0.25) is 0 Å². The second kappa shape index (κ2) is 9.59. The predicted octanol–water partition coefficient (Wildman–Crippen LogP) is 3.31. The minimum absolute atomic E-state index is 0.102. The van der Waals surface area contributed by atoms with Crippen molar-refractivity contribution in [2.24, 2.45) is 10.9 Å². The summed E-state index contributed by atoms with van der Waals surface area (Å²) < 4.78 is 9.79. The molecule has 0 radical (unpaired) electrons. The van der Waals surface area contributed by atoms with E-state index in [1.165, 1.54) is 6.07 Å². The maximum atomic E-state index is 11.9. The fourth-order valence-electron chi connectivity index (χ4n) is 1.58. The molecule has 0 fully saturated rings. The van der Waals surface area contributed by atoms with Crippen LogP contribution in [0.2, 0.25) is 5.02 Å². The van der Waals surface area contributed by atoms with E-state index in [2.05, 4.69) is 4.99 Å². The zero-order chi connectivity index (χ0) is 17.2. The van der Waals surface area contributed by atoms with Crippen LogP contribution in [0.1, 0.15) is 30.6 Å². The van der Waals surface area contributed by atoms with E-state index in [9.17, 15) is 9.59 Å². The van der Waals surface area contributed by atoms with Gasteiger partial charge >= 0.3 is 11.9 Å². The molecule has 0 heterocycles. The standard InChI is InChI=1S/C16H17ClN2O4/c1-3-8-23-16(21)12-6-5-7-13(14(12)17)19-10-11(9-18)15(20)22-4-2/h5-7,10-11H,3-4,8H2,1-2H3. The number of benzene rings is 1. The Morgan fingerprint density at radius 1 is 1.39 bits per heavy atom. The fraction of sp³-hybridized carbons (Fsp3) is 0.375. The molecule has 1 aromatic rings. The van der Waals surface area contributed by atoms with Gasteiger partial charge in [-0.2, -0.15) is 5.26 Å². The topological polar surface area (TPSA) is 88.8 Å². The van der Waals surface area contributed by atoms with Gasteiger partial charge in [-0.1, -0.05) is 24.6 Å². The minimum Gasteiger partial charge on any atom is -0.465 e. The summed E-state index contributed by atoms with van der Waals surface area (Å²) in [5, 5.41) is 9.06. The molecular formula is C16H17ClN2O4. The molecule has 1 rings (SSSR count). The van der Waals surface area contributed by atoms with Gasteiger partial charge in [0, 0.05) is 6.21 Å². The molecule has 0 amide bonds. The van der Waals surface area contributed by atoms with E-state index < -0.39 is 17.9 Å². The summed E-state index contributed by atoms with van der Waals surface area (Å²) in [5.74, 6) is -2.37. The van der Waals surface area contributed by atoms with E-state index in [4.69, 9.17) is 26.3 Å². The first-order valence-corrected chi connectivity index (χ1v) is 7.49. The molecule has 1 atom stereocenters. The summed E-state index contributed by atoms with van der Waals surface area (Å²) in [6.07, 6.45) is 1.84. The van der Waals surface area contributed by atoms with Crippen LogP contribution in [0.3, 0.4) is 0 Å². The van der Waals surface area contributed by atoms with Crippen molar-refractivity contribution < 1.29 is 19.1 Å². The number of aliphatic imine (C=N–C) groups is 1. The highest BCUT2D eigenvalue weighted by Gasteiger charge is 2.18. The number of carbonyl (C=O) groups excluding carboxylic acids is 2. The molecule has 7 heteroatoms. The van der Waals surface area contributed by atoms with Crippen LogP contribution in [0, 0.1) is 17.2 Å². The summed E-state index contributed by atoms with van der Waals surface area (Å²) in [7, 11) is 0. The highest BCUT2D eigenvalue weighted by Crippen LogP contribution is 2.29. The lowest BCUT2D eigenvalue weighted by atomic mass is 10.2. The number of hydrogen-bond donors (Lipinski definition) is 0. The van der Waals surface area contributed by atoms with Crippen molar-refractivity contribution in [3.05, 3.63) is 28.8 Å². The molecule has 0 saturated carbocycles. The first-order chi connectivity index (χ1) is 11.0. The minimum atomic E-state index is -1.14. The predicted molar refractivity (Wildman–Crippen MR) is 85.9 cm³/mol. The number of esters is 2. The summed E-state index contributed by atoms with van der Waals surface area (Å²) >= 11 is 6.14. The third-order valence-electron chi connectivity index (χ3n) is 2.68. The van der Waals surface area contributed by atoms with Crippen LogP contribution in [-0.2, 0) is 14.3 Å². The van der Waals surface area contributed by atoms with E-state index in [1.807, 2.05) is 6.92 Å². The lowest BCUT2D eigenvalue weighted by molar-refractivity contribution is -0.143. The van der Waals surface area contributed by atoms with E-state index in [-0.39, 0.29) is 22.9 Å². The Kier molecular flexibility index (Phi) is 7.78. The molecule has 0 spiro atoms. The smallest absolute Gasteiger partial charge is 0.339 e. The third kappa shape index (κ3) is 5.38. The molecule has 0 N–H and O–H groups in total. The average Bonchev–Trinajstić information content (AvgIpc) is 2.54. The molecule has 6 nitrogen and oxygen atoms in total. The van der Waals surface area contributed by atoms with Crippen molar-refractivity contribution in [3.8, 4) is 6.07 Å². The maximum Gasteiger partial charge on any atom is 0.339 e. The van der Waals surface area contributed by atoms with E-state index >= 15 is 0 Å². The van der Waals surface area contributed by atoms with Crippen molar-refractivity contribution in [2.45, 2.75) is 20.3 Å². The molecule has 122 valence electrons. The van der Waals surface area contributed by atoms with E-state index in [0.29, 0.717) is 13.0 Å². The Balaban J connectivity index is 2.97. The number of rotatable bonds is 7. The average molecular weight is 337 g/mol. The van der Waals surface area contributed by atoms with Gasteiger partial charge in [-0.25, -0.2) is 4.79 Å². The van der Waals surface area contributed by atoms with Gasteiger partial charge < -0.3 is 9.47 Å². The number of halogens is 1. The first-order valence-electron chi connectivity index (χ1n) is 7.11. The lowest BCUT2D eigenvalue weighted by Gasteiger charge is -2.07. The largest absolute Gasteiger partial charge is 0.465 e. The molecule has 1 aromatic carbocycles. The Morgan fingerprint density at radius 2 is 2.13 bits per heavy atom. The maximum absolute atomic E-state index is 11.9. The number of nitrogens with zero attached hydrogens (tertiary/aromatic N) is 2. The summed E-state index contributed by atoms with van der Waals surface area (Å²) in [4.78, 5) is 27.4. The molecule has 0 aromatic heterocycles. The second-order valence-corrected chi connectivity index (χ2v) is 4.79. The molecule has 1 unspecified atom stereocenters. The fourth-order valence-corrected chi connectivity index (χ4v) is 1.84. The molecule has 0 bridgehead atoms. The molecule has 23 heavy (non-hydrogen) atoms. The molecule has 0 aliphatic carbocycles. The first kappa shape index (κ1) is 18.7. The summed E-state index contributed by atoms with van der Waals surface area (Å²) in [6.45, 7) is 3.99. The van der Waals surface area contributed by atoms with E-state index in [0.717, 1.165) is 6.21 Å². The second-order valence-electron chi connectivity index (χ2n) is 4.41. The van der Waals surface area contributed by atoms with Gasteiger partial charge in [-0.05, 0) is 25.5 Å². The quantitative estimate of drug-likeness (QED) is 0.563. The monoisotopic (exact) mass is 336 g/mol. The van der Waals surface area contributed by atoms with Gasteiger partial charge in [0.25, 0.3) is 0 Å². The lowest BCUT2D eigenvalue weighted by Crippen LogP contribution is -2.17. The zero-order valence-electron chi connectivity index (χ0n) is 12.9. The Hall–Kier alpha value is -2.39. The van der Waals surface area contributed by atoms with Crippen molar-refractivity contribution in [2.75, 3.05) is 13.2 Å². The van der Waals surface area contributed by atoms with Gasteiger partial charge in [0.1, 0.15) is 0 Å². The Morgan fingerprint density at radius 3 is 2.74 bits per heavy atom. The van der Waals surface area contributed by atoms with Crippen molar-refractivity contribution in [1.29, 1.82) is 5.26 Å².